The number of nitrogens with zero attached hydrogens (tertiary/aromatic N) is 2. The van der Waals surface area contributed by atoms with Gasteiger partial charge in [0.2, 0.25) is 5.91 Å². The Morgan fingerprint density at radius 1 is 1.00 bits per heavy atom. The highest BCUT2D eigenvalue weighted by molar-refractivity contribution is 5.91. The van der Waals surface area contributed by atoms with Crippen LogP contribution in [0.15, 0.2) is 60.7 Å². The lowest BCUT2D eigenvalue weighted by atomic mass is 9.85. The van der Waals surface area contributed by atoms with Gasteiger partial charge < -0.3 is 14.7 Å². The van der Waals surface area contributed by atoms with Crippen LogP contribution in [0.5, 0.6) is 5.75 Å². The number of hydrogen-bond donors (Lipinski definition) is 1. The molecule has 176 valence electrons. The first kappa shape index (κ1) is 23.5. The van der Waals surface area contributed by atoms with Crippen LogP contribution in [-0.4, -0.2) is 66.8 Å². The summed E-state index contributed by atoms with van der Waals surface area (Å²) in [7, 11) is 1.70. The summed E-state index contributed by atoms with van der Waals surface area (Å²) in [4.78, 5) is 17.0. The minimum absolute atomic E-state index is 0.0816. The summed E-state index contributed by atoms with van der Waals surface area (Å²) in [5.74, 6) is 1.99. The van der Waals surface area contributed by atoms with E-state index in [1.54, 1.807) is 13.2 Å². The molecule has 1 unspecified atom stereocenters. The average molecular weight is 449 g/mol. The van der Waals surface area contributed by atoms with Crippen molar-refractivity contribution in [3.63, 3.8) is 0 Å². The van der Waals surface area contributed by atoms with Gasteiger partial charge in [0.25, 0.3) is 0 Å². The molecule has 2 aliphatic heterocycles. The highest BCUT2D eigenvalue weighted by Crippen LogP contribution is 2.32. The van der Waals surface area contributed by atoms with E-state index in [9.17, 15) is 9.90 Å². The van der Waals surface area contributed by atoms with Crippen molar-refractivity contribution in [3.8, 4) is 5.75 Å². The third-order valence-corrected chi connectivity index (χ3v) is 7.39. The maximum absolute atomic E-state index is 12.6. The minimum atomic E-state index is 0.0816. The zero-order valence-corrected chi connectivity index (χ0v) is 19.6. The van der Waals surface area contributed by atoms with Gasteiger partial charge in [-0.25, -0.2) is 0 Å². The lowest BCUT2D eigenvalue weighted by Crippen LogP contribution is -2.50. The summed E-state index contributed by atoms with van der Waals surface area (Å²) in [6, 6.07) is 18.6. The van der Waals surface area contributed by atoms with Crippen LogP contribution in [0.2, 0.25) is 0 Å². The molecule has 2 aromatic carbocycles. The van der Waals surface area contributed by atoms with Crippen molar-refractivity contribution < 1.29 is 14.6 Å². The number of carbonyl (C=O) groups excluding carboxylic acids is 1. The lowest BCUT2D eigenvalue weighted by molar-refractivity contribution is -0.127. The fourth-order valence-electron chi connectivity index (χ4n) is 5.34. The molecule has 5 heteroatoms. The standard InChI is InChI=1S/C28H36N2O3/c1-33-26-10-8-23(9-11-26)24-13-17-29(18-14-24)27(21-31)25-15-19-30(20-16-25)28(32)12-7-22-5-3-2-4-6-22/h2-12,24-25,27,31H,13-21H2,1H3. The van der Waals surface area contributed by atoms with Crippen molar-refractivity contribution in [3.05, 3.63) is 71.8 Å². The highest BCUT2D eigenvalue weighted by Gasteiger charge is 2.33. The monoisotopic (exact) mass is 448 g/mol. The van der Waals surface area contributed by atoms with Crippen molar-refractivity contribution in [1.29, 1.82) is 0 Å². The fraction of sp³-hybridized carbons (Fsp3) is 0.464. The van der Waals surface area contributed by atoms with E-state index in [2.05, 4.69) is 17.0 Å². The van der Waals surface area contributed by atoms with Gasteiger partial charge in [-0.3, -0.25) is 9.69 Å². The first-order valence-corrected chi connectivity index (χ1v) is 12.2. The average Bonchev–Trinajstić information content (AvgIpc) is 2.89. The van der Waals surface area contributed by atoms with E-state index >= 15 is 0 Å². The number of methoxy groups -OCH3 is 1. The van der Waals surface area contributed by atoms with E-state index in [0.29, 0.717) is 11.8 Å². The van der Waals surface area contributed by atoms with Gasteiger partial charge in [-0.2, -0.15) is 0 Å². The first-order chi connectivity index (χ1) is 16.2. The number of amides is 1. The molecule has 2 heterocycles. The van der Waals surface area contributed by atoms with Gasteiger partial charge in [0, 0.05) is 25.2 Å². The Morgan fingerprint density at radius 2 is 1.67 bits per heavy atom. The van der Waals surface area contributed by atoms with Crippen molar-refractivity contribution >= 4 is 12.0 Å². The van der Waals surface area contributed by atoms with Gasteiger partial charge in [-0.15, -0.1) is 0 Å². The van der Waals surface area contributed by atoms with Crippen LogP contribution in [0.3, 0.4) is 0 Å². The summed E-state index contributed by atoms with van der Waals surface area (Å²) < 4.78 is 5.28. The number of ether oxygens (including phenoxy) is 1. The van der Waals surface area contributed by atoms with Crippen molar-refractivity contribution in [2.24, 2.45) is 5.92 Å². The molecule has 33 heavy (non-hydrogen) atoms. The van der Waals surface area contributed by atoms with E-state index < -0.39 is 0 Å². The van der Waals surface area contributed by atoms with E-state index in [-0.39, 0.29) is 18.6 Å². The van der Waals surface area contributed by atoms with E-state index in [4.69, 9.17) is 4.74 Å². The molecule has 2 saturated heterocycles. The van der Waals surface area contributed by atoms with Crippen LogP contribution < -0.4 is 4.74 Å². The quantitative estimate of drug-likeness (QED) is 0.646. The molecular formula is C28H36N2O3. The second-order valence-corrected chi connectivity index (χ2v) is 9.24. The number of carbonyl (C=O) groups is 1. The van der Waals surface area contributed by atoms with E-state index in [1.165, 1.54) is 5.56 Å². The summed E-state index contributed by atoms with van der Waals surface area (Å²) in [6.45, 7) is 3.75. The summed E-state index contributed by atoms with van der Waals surface area (Å²) in [6.07, 6.45) is 7.71. The number of aliphatic hydroxyl groups excluding tert-OH is 1. The van der Waals surface area contributed by atoms with Gasteiger partial charge in [0.1, 0.15) is 5.75 Å². The zero-order valence-electron chi connectivity index (χ0n) is 19.6. The molecule has 1 amide bonds. The Balaban J connectivity index is 1.26. The molecule has 0 spiro atoms. The second kappa shape index (κ2) is 11.5. The first-order valence-electron chi connectivity index (χ1n) is 12.2. The SMILES string of the molecule is COc1ccc(C2CCN(C(CO)C3CCN(C(=O)C=Cc4ccccc4)CC3)CC2)cc1. The Hall–Kier alpha value is -2.63. The number of rotatable bonds is 7. The minimum Gasteiger partial charge on any atom is -0.497 e. The molecule has 4 rings (SSSR count). The molecule has 1 N–H and O–H groups in total. The summed E-state index contributed by atoms with van der Waals surface area (Å²) >= 11 is 0. The highest BCUT2D eigenvalue weighted by atomic mass is 16.5. The van der Waals surface area contributed by atoms with Gasteiger partial charge in [0.15, 0.2) is 0 Å². The molecular weight excluding hydrogens is 412 g/mol. The summed E-state index contributed by atoms with van der Waals surface area (Å²) in [5.41, 5.74) is 2.42. The molecule has 2 aromatic rings. The van der Waals surface area contributed by atoms with Gasteiger partial charge in [-0.05, 0) is 79.9 Å². The molecule has 0 aliphatic carbocycles. The largest absolute Gasteiger partial charge is 0.497 e. The predicted octanol–water partition coefficient (Wildman–Crippen LogP) is 4.19. The van der Waals surface area contributed by atoms with Crippen LogP contribution in [0.1, 0.15) is 42.7 Å². The van der Waals surface area contributed by atoms with Crippen LogP contribution in [0, 0.1) is 5.92 Å². The van der Waals surface area contributed by atoms with Crippen molar-refractivity contribution in [2.75, 3.05) is 39.9 Å². The molecule has 1 atom stereocenters. The normalized spacial score (nSPS) is 19.6. The Morgan fingerprint density at radius 3 is 2.27 bits per heavy atom. The third kappa shape index (κ3) is 6.04. The van der Waals surface area contributed by atoms with Crippen LogP contribution in [-0.2, 0) is 4.79 Å². The summed E-state index contributed by atoms with van der Waals surface area (Å²) in [5, 5.41) is 10.2. The number of benzene rings is 2. The van der Waals surface area contributed by atoms with Crippen LogP contribution >= 0.6 is 0 Å². The van der Waals surface area contributed by atoms with Crippen LogP contribution in [0.25, 0.3) is 6.08 Å². The van der Waals surface area contributed by atoms with E-state index in [0.717, 1.165) is 63.2 Å². The molecule has 0 aromatic heterocycles. The lowest BCUT2D eigenvalue weighted by Gasteiger charge is -2.43. The van der Waals surface area contributed by atoms with Crippen LogP contribution in [0.4, 0.5) is 0 Å². The van der Waals surface area contributed by atoms with Gasteiger partial charge in [0.05, 0.1) is 13.7 Å². The zero-order chi connectivity index (χ0) is 23.0. The molecule has 0 saturated carbocycles. The van der Waals surface area contributed by atoms with Gasteiger partial charge in [-0.1, -0.05) is 42.5 Å². The Labute approximate surface area is 197 Å². The predicted molar refractivity (Wildman–Crippen MR) is 132 cm³/mol. The molecule has 0 bridgehead atoms. The van der Waals surface area contributed by atoms with Crippen molar-refractivity contribution in [2.45, 2.75) is 37.6 Å². The number of piperidine rings is 2. The fourth-order valence-corrected chi connectivity index (χ4v) is 5.34. The number of likely N-dealkylation sites (tertiary alicyclic amines) is 2. The van der Waals surface area contributed by atoms with E-state index in [1.807, 2.05) is 53.4 Å². The molecule has 5 nitrogen and oxygen atoms in total. The third-order valence-electron chi connectivity index (χ3n) is 7.39. The van der Waals surface area contributed by atoms with Gasteiger partial charge >= 0.3 is 0 Å². The number of aliphatic hydroxyl groups is 1. The topological polar surface area (TPSA) is 53.0 Å². The maximum atomic E-state index is 12.6. The molecule has 0 radical (unpaired) electrons. The smallest absolute Gasteiger partial charge is 0.246 e. The Kier molecular flexibility index (Phi) is 8.19. The maximum Gasteiger partial charge on any atom is 0.246 e. The number of hydrogen-bond acceptors (Lipinski definition) is 4. The molecule has 2 aliphatic rings. The molecule has 2 fully saturated rings. The second-order valence-electron chi connectivity index (χ2n) is 9.24. The van der Waals surface area contributed by atoms with Crippen molar-refractivity contribution in [1.82, 2.24) is 9.80 Å². The Bertz CT molecular complexity index is 896.